The van der Waals surface area contributed by atoms with Gasteiger partial charge in [0.1, 0.15) is 11.6 Å². The number of nitrogens with zero attached hydrogens (tertiary/aromatic N) is 2. The Labute approximate surface area is 142 Å². The van der Waals surface area contributed by atoms with Crippen molar-refractivity contribution in [3.8, 4) is 5.75 Å². The van der Waals surface area contributed by atoms with Gasteiger partial charge in [0.25, 0.3) is 0 Å². The molecule has 9 heteroatoms. The summed E-state index contributed by atoms with van der Waals surface area (Å²) in [5.41, 5.74) is -0.656. The largest absolute Gasteiger partial charge is 0.495 e. The highest BCUT2D eigenvalue weighted by molar-refractivity contribution is 6.31. The Bertz CT molecular complexity index is 722. The number of rotatable bonds is 5. The summed E-state index contributed by atoms with van der Waals surface area (Å²) in [7, 11) is 1.45. The molecule has 2 N–H and O–H groups in total. The molecule has 0 spiro atoms. The number of alkyl halides is 3. The zero-order valence-corrected chi connectivity index (χ0v) is 14.0. The van der Waals surface area contributed by atoms with Crippen LogP contribution in [0.15, 0.2) is 24.3 Å². The molecule has 0 aliphatic heterocycles. The summed E-state index contributed by atoms with van der Waals surface area (Å²) in [6.45, 7) is 3.55. The van der Waals surface area contributed by atoms with Crippen molar-refractivity contribution in [1.29, 1.82) is 0 Å². The third-order valence-corrected chi connectivity index (χ3v) is 3.09. The van der Waals surface area contributed by atoms with Crippen molar-refractivity contribution < 1.29 is 17.9 Å². The molecule has 0 saturated carbocycles. The van der Waals surface area contributed by atoms with Crippen molar-refractivity contribution in [2.45, 2.75) is 26.1 Å². The zero-order chi connectivity index (χ0) is 17.9. The van der Waals surface area contributed by atoms with Gasteiger partial charge in [0.2, 0.25) is 5.95 Å². The second-order valence-electron chi connectivity index (χ2n) is 5.23. The first-order valence-electron chi connectivity index (χ1n) is 7.02. The maximum absolute atomic E-state index is 13.0. The first-order chi connectivity index (χ1) is 11.2. The van der Waals surface area contributed by atoms with E-state index in [4.69, 9.17) is 16.3 Å². The van der Waals surface area contributed by atoms with E-state index in [0.29, 0.717) is 16.5 Å². The minimum absolute atomic E-state index is 0.0268. The van der Waals surface area contributed by atoms with E-state index in [1.54, 1.807) is 26.0 Å². The molecule has 0 unspecified atom stereocenters. The maximum Gasteiger partial charge on any atom is 0.433 e. The number of ether oxygens (including phenoxy) is 1. The van der Waals surface area contributed by atoms with Crippen LogP contribution in [0.3, 0.4) is 0 Å². The molecule has 5 nitrogen and oxygen atoms in total. The first kappa shape index (κ1) is 18.1. The lowest BCUT2D eigenvalue weighted by Gasteiger charge is -2.15. The quantitative estimate of drug-likeness (QED) is 0.807. The van der Waals surface area contributed by atoms with Gasteiger partial charge in [-0.1, -0.05) is 11.6 Å². The van der Waals surface area contributed by atoms with Crippen molar-refractivity contribution in [2.75, 3.05) is 17.7 Å². The Balaban J connectivity index is 2.44. The molecule has 0 bridgehead atoms. The topological polar surface area (TPSA) is 59.1 Å². The lowest BCUT2D eigenvalue weighted by atomic mass is 10.3. The summed E-state index contributed by atoms with van der Waals surface area (Å²) >= 11 is 5.92. The zero-order valence-electron chi connectivity index (χ0n) is 13.2. The highest BCUT2D eigenvalue weighted by atomic mass is 35.5. The average Bonchev–Trinajstić information content (AvgIpc) is 2.45. The molecule has 0 radical (unpaired) electrons. The SMILES string of the molecule is COc1ccc(Cl)cc1Nc1cc(C(F)(F)F)nc(NC(C)C)n1. The number of methoxy groups -OCH3 is 1. The molecule has 0 amide bonds. The minimum Gasteiger partial charge on any atom is -0.495 e. The summed E-state index contributed by atoms with van der Waals surface area (Å²) in [5.74, 6) is 0.273. The third-order valence-electron chi connectivity index (χ3n) is 2.86. The van der Waals surface area contributed by atoms with Gasteiger partial charge in [-0.05, 0) is 32.0 Å². The second kappa shape index (κ2) is 7.12. The Morgan fingerprint density at radius 2 is 1.88 bits per heavy atom. The van der Waals surface area contributed by atoms with Crippen LogP contribution in [0.2, 0.25) is 5.02 Å². The molecule has 0 fully saturated rings. The fourth-order valence-corrected chi connectivity index (χ4v) is 2.07. The van der Waals surface area contributed by atoms with Gasteiger partial charge in [0.15, 0.2) is 5.69 Å². The van der Waals surface area contributed by atoms with Crippen LogP contribution in [-0.2, 0) is 6.18 Å². The molecule has 1 aromatic carbocycles. The van der Waals surface area contributed by atoms with Gasteiger partial charge in [-0.2, -0.15) is 18.2 Å². The Hall–Kier alpha value is -2.22. The molecule has 0 aliphatic carbocycles. The fraction of sp³-hybridized carbons (Fsp3) is 0.333. The Morgan fingerprint density at radius 3 is 2.46 bits per heavy atom. The van der Waals surface area contributed by atoms with Crippen molar-refractivity contribution in [3.63, 3.8) is 0 Å². The Morgan fingerprint density at radius 1 is 1.17 bits per heavy atom. The van der Waals surface area contributed by atoms with Gasteiger partial charge in [-0.3, -0.25) is 0 Å². The summed E-state index contributed by atoms with van der Waals surface area (Å²) < 4.78 is 44.3. The van der Waals surface area contributed by atoms with Crippen LogP contribution in [-0.4, -0.2) is 23.1 Å². The summed E-state index contributed by atoms with van der Waals surface area (Å²) in [6.07, 6.45) is -4.59. The summed E-state index contributed by atoms with van der Waals surface area (Å²) in [4.78, 5) is 7.56. The van der Waals surface area contributed by atoms with Crippen LogP contribution in [0, 0.1) is 0 Å². The van der Waals surface area contributed by atoms with Gasteiger partial charge in [0.05, 0.1) is 12.8 Å². The fourth-order valence-electron chi connectivity index (χ4n) is 1.90. The molecule has 0 atom stereocenters. The molecule has 24 heavy (non-hydrogen) atoms. The number of nitrogens with one attached hydrogen (secondary N) is 2. The van der Waals surface area contributed by atoms with Crippen LogP contribution in [0.5, 0.6) is 5.75 Å². The number of anilines is 3. The van der Waals surface area contributed by atoms with Crippen molar-refractivity contribution in [1.82, 2.24) is 9.97 Å². The molecule has 130 valence electrons. The van der Waals surface area contributed by atoms with Gasteiger partial charge in [0, 0.05) is 17.1 Å². The van der Waals surface area contributed by atoms with Gasteiger partial charge < -0.3 is 15.4 Å². The second-order valence-corrected chi connectivity index (χ2v) is 5.66. The van der Waals surface area contributed by atoms with E-state index in [-0.39, 0.29) is 17.8 Å². The molecular weight excluding hydrogens is 345 g/mol. The van der Waals surface area contributed by atoms with Crippen LogP contribution in [0.4, 0.5) is 30.6 Å². The molecule has 0 aliphatic rings. The normalized spacial score (nSPS) is 11.5. The van der Waals surface area contributed by atoms with Crippen molar-refractivity contribution in [2.24, 2.45) is 0 Å². The predicted octanol–water partition coefficient (Wildman–Crippen LogP) is 4.72. The lowest BCUT2D eigenvalue weighted by molar-refractivity contribution is -0.141. The monoisotopic (exact) mass is 360 g/mol. The summed E-state index contributed by atoms with van der Waals surface area (Å²) in [6, 6.07) is 5.45. The number of halogens is 4. The van der Waals surface area contributed by atoms with E-state index in [2.05, 4.69) is 20.6 Å². The first-order valence-corrected chi connectivity index (χ1v) is 7.40. The average molecular weight is 361 g/mol. The van der Waals surface area contributed by atoms with Crippen LogP contribution in [0.1, 0.15) is 19.5 Å². The minimum atomic E-state index is -4.59. The van der Waals surface area contributed by atoms with E-state index in [1.807, 2.05) is 0 Å². The van der Waals surface area contributed by atoms with Crippen LogP contribution >= 0.6 is 11.6 Å². The number of hydrogen-bond donors (Lipinski definition) is 2. The molecule has 2 aromatic rings. The standard InChI is InChI=1S/C15H16ClF3N4O/c1-8(2)20-14-22-12(15(17,18)19)7-13(23-14)21-10-6-9(16)4-5-11(10)24-3/h4-8H,1-3H3,(H2,20,21,22,23). The van der Waals surface area contributed by atoms with E-state index in [1.165, 1.54) is 13.2 Å². The molecule has 0 saturated heterocycles. The van der Waals surface area contributed by atoms with E-state index in [9.17, 15) is 13.2 Å². The molecule has 1 aromatic heterocycles. The molecule has 1 heterocycles. The van der Waals surface area contributed by atoms with E-state index in [0.717, 1.165) is 6.07 Å². The third kappa shape index (κ3) is 4.64. The van der Waals surface area contributed by atoms with Crippen molar-refractivity contribution in [3.05, 3.63) is 35.0 Å². The smallest absolute Gasteiger partial charge is 0.433 e. The van der Waals surface area contributed by atoms with Crippen LogP contribution in [0.25, 0.3) is 0 Å². The summed E-state index contributed by atoms with van der Waals surface area (Å²) in [5, 5.41) is 5.96. The van der Waals surface area contributed by atoms with Gasteiger partial charge in [-0.25, -0.2) is 4.98 Å². The highest BCUT2D eigenvalue weighted by Gasteiger charge is 2.34. The highest BCUT2D eigenvalue weighted by Crippen LogP contribution is 2.33. The Kier molecular flexibility index (Phi) is 5.38. The van der Waals surface area contributed by atoms with E-state index >= 15 is 0 Å². The van der Waals surface area contributed by atoms with E-state index < -0.39 is 11.9 Å². The van der Waals surface area contributed by atoms with Gasteiger partial charge >= 0.3 is 6.18 Å². The van der Waals surface area contributed by atoms with Gasteiger partial charge in [-0.15, -0.1) is 0 Å². The molecular formula is C15H16ClF3N4O. The number of benzene rings is 1. The number of hydrogen-bond acceptors (Lipinski definition) is 5. The maximum atomic E-state index is 13.0. The lowest BCUT2D eigenvalue weighted by Crippen LogP contribution is -2.17. The van der Waals surface area contributed by atoms with Crippen molar-refractivity contribution >= 4 is 29.1 Å². The molecule has 2 rings (SSSR count). The number of aromatic nitrogens is 2. The predicted molar refractivity (Wildman–Crippen MR) is 87.1 cm³/mol. The van der Waals surface area contributed by atoms with Crippen LogP contribution < -0.4 is 15.4 Å².